The zero-order chi connectivity index (χ0) is 9.52. The van der Waals surface area contributed by atoms with Gasteiger partial charge in [-0.2, -0.15) is 0 Å². The minimum Gasteiger partial charge on any atom is -0.396 e. The maximum absolute atomic E-state index is 8.68. The summed E-state index contributed by atoms with van der Waals surface area (Å²) in [5.41, 5.74) is 0. The van der Waals surface area contributed by atoms with Crippen molar-refractivity contribution in [2.45, 2.75) is 39.0 Å². The quantitative estimate of drug-likeness (QED) is 0.584. The van der Waals surface area contributed by atoms with Crippen molar-refractivity contribution < 1.29 is 5.11 Å². The summed E-state index contributed by atoms with van der Waals surface area (Å²) in [6.45, 7) is 6.32. The fourth-order valence-corrected chi connectivity index (χ4v) is 1.72. The van der Waals surface area contributed by atoms with Gasteiger partial charge in [0.2, 0.25) is 0 Å². The Morgan fingerprint density at radius 3 is 2.54 bits per heavy atom. The average molecular weight is 185 g/mol. The Morgan fingerprint density at radius 1 is 1.23 bits per heavy atom. The zero-order valence-corrected chi connectivity index (χ0v) is 8.84. The first-order valence-corrected chi connectivity index (χ1v) is 5.70. The molecule has 0 aromatic rings. The standard InChI is InChI=1S/C11H23NO/c1-2-7-12(8-3-4-9-13)10-11-5-6-11/h11,13H,2-10H2,1H3. The molecule has 1 aliphatic rings. The highest BCUT2D eigenvalue weighted by Crippen LogP contribution is 2.29. The Labute approximate surface area is 81.9 Å². The van der Waals surface area contributed by atoms with Crippen LogP contribution in [0.5, 0.6) is 0 Å². The van der Waals surface area contributed by atoms with Crippen molar-refractivity contribution in [2.24, 2.45) is 5.92 Å². The van der Waals surface area contributed by atoms with Gasteiger partial charge in [0.1, 0.15) is 0 Å². The molecular formula is C11H23NO. The molecule has 0 bridgehead atoms. The van der Waals surface area contributed by atoms with Gasteiger partial charge in [0.15, 0.2) is 0 Å². The predicted molar refractivity (Wildman–Crippen MR) is 55.8 cm³/mol. The second-order valence-corrected chi connectivity index (χ2v) is 4.17. The summed E-state index contributed by atoms with van der Waals surface area (Å²) in [5.74, 6) is 1.00. The molecule has 13 heavy (non-hydrogen) atoms. The molecule has 0 unspecified atom stereocenters. The van der Waals surface area contributed by atoms with Crippen LogP contribution < -0.4 is 0 Å². The first kappa shape index (κ1) is 11.0. The molecule has 1 aliphatic carbocycles. The minimum atomic E-state index is 0.351. The summed E-state index contributed by atoms with van der Waals surface area (Å²) in [7, 11) is 0. The molecule has 0 spiro atoms. The van der Waals surface area contributed by atoms with Crippen molar-refractivity contribution in [3.63, 3.8) is 0 Å². The third-order valence-electron chi connectivity index (χ3n) is 2.64. The highest BCUT2D eigenvalue weighted by Gasteiger charge is 2.23. The third-order valence-corrected chi connectivity index (χ3v) is 2.64. The van der Waals surface area contributed by atoms with E-state index in [0.29, 0.717) is 6.61 Å². The summed E-state index contributed by atoms with van der Waals surface area (Å²) >= 11 is 0. The van der Waals surface area contributed by atoms with Crippen molar-refractivity contribution in [3.8, 4) is 0 Å². The van der Waals surface area contributed by atoms with Crippen LogP contribution in [0.2, 0.25) is 0 Å². The number of hydrogen-bond donors (Lipinski definition) is 1. The molecule has 0 aromatic heterocycles. The molecule has 78 valence electrons. The summed E-state index contributed by atoms with van der Waals surface area (Å²) in [6, 6.07) is 0. The molecule has 0 amide bonds. The molecule has 0 heterocycles. The highest BCUT2D eigenvalue weighted by atomic mass is 16.2. The topological polar surface area (TPSA) is 23.5 Å². The Hall–Kier alpha value is -0.0800. The summed E-state index contributed by atoms with van der Waals surface area (Å²) in [5, 5.41) is 8.68. The van der Waals surface area contributed by atoms with E-state index < -0.39 is 0 Å². The van der Waals surface area contributed by atoms with Gasteiger partial charge in [-0.3, -0.25) is 0 Å². The summed E-state index contributed by atoms with van der Waals surface area (Å²) in [6.07, 6.45) is 6.26. The maximum atomic E-state index is 8.68. The van der Waals surface area contributed by atoms with Crippen LogP contribution in [0.1, 0.15) is 39.0 Å². The van der Waals surface area contributed by atoms with Crippen LogP contribution in [0.15, 0.2) is 0 Å². The van der Waals surface area contributed by atoms with Gasteiger partial charge in [0.05, 0.1) is 0 Å². The fourth-order valence-electron chi connectivity index (χ4n) is 1.72. The highest BCUT2D eigenvalue weighted by molar-refractivity contribution is 4.77. The number of aliphatic hydroxyl groups is 1. The molecule has 0 radical (unpaired) electrons. The van der Waals surface area contributed by atoms with Crippen LogP contribution in [0.25, 0.3) is 0 Å². The smallest absolute Gasteiger partial charge is 0.0431 e. The third kappa shape index (κ3) is 5.27. The lowest BCUT2D eigenvalue weighted by molar-refractivity contribution is 0.235. The van der Waals surface area contributed by atoms with Crippen LogP contribution in [0.4, 0.5) is 0 Å². The van der Waals surface area contributed by atoms with E-state index in [0.717, 1.165) is 18.8 Å². The lowest BCUT2D eigenvalue weighted by atomic mass is 10.2. The van der Waals surface area contributed by atoms with Crippen LogP contribution in [0.3, 0.4) is 0 Å². The van der Waals surface area contributed by atoms with E-state index in [1.54, 1.807) is 0 Å². The van der Waals surface area contributed by atoms with Gasteiger partial charge >= 0.3 is 0 Å². The number of rotatable bonds is 8. The molecule has 1 rings (SSSR count). The van der Waals surface area contributed by atoms with E-state index in [-0.39, 0.29) is 0 Å². The van der Waals surface area contributed by atoms with Gasteiger partial charge in [-0.05, 0) is 51.1 Å². The normalized spacial score (nSPS) is 16.8. The molecule has 1 fully saturated rings. The Morgan fingerprint density at radius 2 is 2.00 bits per heavy atom. The van der Waals surface area contributed by atoms with Crippen molar-refractivity contribution in [1.82, 2.24) is 4.90 Å². The Bertz CT molecular complexity index is 123. The maximum Gasteiger partial charge on any atom is 0.0431 e. The molecule has 2 heteroatoms. The van der Waals surface area contributed by atoms with Crippen molar-refractivity contribution in [1.29, 1.82) is 0 Å². The van der Waals surface area contributed by atoms with E-state index in [1.807, 2.05) is 0 Å². The van der Waals surface area contributed by atoms with Gasteiger partial charge in [0, 0.05) is 13.2 Å². The lowest BCUT2D eigenvalue weighted by Crippen LogP contribution is -2.28. The molecule has 0 aromatic carbocycles. The molecule has 1 N–H and O–H groups in total. The van der Waals surface area contributed by atoms with Crippen molar-refractivity contribution in [3.05, 3.63) is 0 Å². The molecular weight excluding hydrogens is 162 g/mol. The number of aliphatic hydroxyl groups excluding tert-OH is 1. The minimum absolute atomic E-state index is 0.351. The van der Waals surface area contributed by atoms with Crippen LogP contribution in [-0.2, 0) is 0 Å². The largest absolute Gasteiger partial charge is 0.396 e. The predicted octanol–water partition coefficient (Wildman–Crippen LogP) is 1.88. The van der Waals surface area contributed by atoms with Crippen LogP contribution in [0, 0.1) is 5.92 Å². The number of nitrogens with zero attached hydrogens (tertiary/aromatic N) is 1. The van der Waals surface area contributed by atoms with Gasteiger partial charge < -0.3 is 10.0 Å². The Balaban J connectivity index is 2.04. The Kier molecular flexibility index (Phi) is 5.40. The summed E-state index contributed by atoms with van der Waals surface area (Å²) in [4.78, 5) is 2.56. The lowest BCUT2D eigenvalue weighted by Gasteiger charge is -2.21. The van der Waals surface area contributed by atoms with Gasteiger partial charge in [-0.15, -0.1) is 0 Å². The van der Waals surface area contributed by atoms with E-state index >= 15 is 0 Å². The van der Waals surface area contributed by atoms with Gasteiger partial charge in [-0.1, -0.05) is 6.92 Å². The van der Waals surface area contributed by atoms with Gasteiger partial charge in [0.25, 0.3) is 0 Å². The van der Waals surface area contributed by atoms with Crippen LogP contribution >= 0.6 is 0 Å². The first-order valence-electron chi connectivity index (χ1n) is 5.70. The van der Waals surface area contributed by atoms with Gasteiger partial charge in [-0.25, -0.2) is 0 Å². The van der Waals surface area contributed by atoms with E-state index in [9.17, 15) is 0 Å². The zero-order valence-electron chi connectivity index (χ0n) is 8.84. The average Bonchev–Trinajstić information content (AvgIpc) is 2.89. The molecule has 0 saturated heterocycles. The number of hydrogen-bond acceptors (Lipinski definition) is 2. The van der Waals surface area contributed by atoms with E-state index in [1.165, 1.54) is 38.9 Å². The van der Waals surface area contributed by atoms with Crippen molar-refractivity contribution in [2.75, 3.05) is 26.2 Å². The summed E-state index contributed by atoms with van der Waals surface area (Å²) < 4.78 is 0. The second kappa shape index (κ2) is 6.39. The first-order chi connectivity index (χ1) is 6.36. The molecule has 1 saturated carbocycles. The van der Waals surface area contributed by atoms with Crippen molar-refractivity contribution >= 4 is 0 Å². The van der Waals surface area contributed by atoms with E-state index in [2.05, 4.69) is 11.8 Å². The fraction of sp³-hybridized carbons (Fsp3) is 1.00. The molecule has 2 nitrogen and oxygen atoms in total. The van der Waals surface area contributed by atoms with Crippen LogP contribution in [-0.4, -0.2) is 36.2 Å². The monoisotopic (exact) mass is 185 g/mol. The second-order valence-electron chi connectivity index (χ2n) is 4.17. The molecule has 0 atom stereocenters. The van der Waals surface area contributed by atoms with E-state index in [4.69, 9.17) is 5.11 Å². The number of unbranched alkanes of at least 4 members (excludes halogenated alkanes) is 1. The molecule has 0 aliphatic heterocycles. The SMILES string of the molecule is CCCN(CCCCO)CC1CC1.